The van der Waals surface area contributed by atoms with Gasteiger partial charge in [-0.3, -0.25) is 0 Å². The number of halogens is 2. The van der Waals surface area contributed by atoms with Gasteiger partial charge >= 0.3 is 267 Å². The zero-order valence-electron chi connectivity index (χ0n) is 28.9. The molecule has 5 aliphatic carbocycles. The van der Waals surface area contributed by atoms with Gasteiger partial charge in [0.05, 0.1) is 0 Å². The van der Waals surface area contributed by atoms with Crippen molar-refractivity contribution in [3.8, 4) is 0 Å². The Morgan fingerprint density at radius 3 is 2.09 bits per heavy atom. The molecule has 2 aromatic carbocycles. The maximum absolute atomic E-state index is 3.88. The van der Waals surface area contributed by atoms with Crippen LogP contribution >= 0.6 is 24.8 Å². The van der Waals surface area contributed by atoms with Crippen LogP contribution in [0.3, 0.4) is 0 Å². The SMILES string of the molecule is C[CH]=[Hf]([C]1=CC=CC1)([c]1ccccc1)[C]1(C)C2=C3Cc4ccccc4C3=C3C=CCCC3C2(C)C(C)(C)C(C)(C)C1(C)C.Cl.Cl. The first-order chi connectivity index (χ1) is 20.3. The van der Waals surface area contributed by atoms with E-state index in [2.05, 4.69) is 151 Å². The predicted molar refractivity (Wildman–Crippen MR) is 198 cm³/mol. The van der Waals surface area contributed by atoms with E-state index in [0.717, 1.165) is 12.8 Å². The van der Waals surface area contributed by atoms with Gasteiger partial charge in [0, 0.05) is 0 Å². The van der Waals surface area contributed by atoms with Gasteiger partial charge in [0.2, 0.25) is 0 Å². The Hall–Kier alpha value is -1.54. The van der Waals surface area contributed by atoms with Gasteiger partial charge < -0.3 is 0 Å². The van der Waals surface area contributed by atoms with E-state index in [9.17, 15) is 0 Å². The molecule has 1 saturated carbocycles. The Labute approximate surface area is 289 Å². The summed E-state index contributed by atoms with van der Waals surface area (Å²) in [7, 11) is 0. The van der Waals surface area contributed by atoms with E-state index in [1.165, 1.54) is 24.0 Å². The van der Waals surface area contributed by atoms with Crippen LogP contribution < -0.4 is 3.32 Å². The molecule has 0 nitrogen and oxygen atoms in total. The van der Waals surface area contributed by atoms with Crippen molar-refractivity contribution in [2.75, 3.05) is 0 Å². The Balaban J connectivity index is 0.00000200. The Morgan fingerprint density at radius 1 is 0.778 bits per heavy atom. The molecule has 7 rings (SSSR count). The molecular formula is C42H53Cl2Hf. The molecule has 0 N–H and O–H groups in total. The van der Waals surface area contributed by atoms with Gasteiger partial charge in [0.1, 0.15) is 0 Å². The van der Waals surface area contributed by atoms with Crippen LogP contribution in [0, 0.1) is 27.6 Å². The Bertz CT molecular complexity index is 1740. The minimum Gasteiger partial charge on any atom is -0.147 e. The fourth-order valence-electron chi connectivity index (χ4n) is 11.5. The fourth-order valence-corrected chi connectivity index (χ4v) is 34.8. The summed E-state index contributed by atoms with van der Waals surface area (Å²) in [4.78, 5) is 0. The molecule has 0 heterocycles. The minimum absolute atomic E-state index is 0. The topological polar surface area (TPSA) is 0 Å². The van der Waals surface area contributed by atoms with Gasteiger partial charge in [-0.05, 0) is 0 Å². The third kappa shape index (κ3) is 3.90. The molecule has 4 atom stereocenters. The van der Waals surface area contributed by atoms with E-state index in [1.54, 1.807) is 23.4 Å². The molecule has 4 unspecified atom stereocenters. The van der Waals surface area contributed by atoms with E-state index in [0.29, 0.717) is 5.92 Å². The summed E-state index contributed by atoms with van der Waals surface area (Å²) in [6.45, 7) is 24.0. The standard InChI is InChI=1S/C29H37.C6H5.C5H5.C2H4.2ClH.Hf/c1-18-25-22-17-19-13-9-10-14-20(19)24(22)21-15-11-12-16-23(21)29(25,8)28(6,7)27(4,5)26(18,2)3;1-2-4-6-5-3-1;1-2-4-5-3-1;1-2;;;/h9-11,13-15,23H,12,16-17H2,1-8H3;1-5H;1-3H,4H2;1H,2H3;2*1H;. The average molecular weight is 807 g/mol. The maximum atomic E-state index is 2.84. The van der Waals surface area contributed by atoms with Crippen molar-refractivity contribution < 1.29 is 19.5 Å². The van der Waals surface area contributed by atoms with Crippen molar-refractivity contribution in [2.24, 2.45) is 27.6 Å². The van der Waals surface area contributed by atoms with Crippen molar-refractivity contribution >= 4 is 37.5 Å². The van der Waals surface area contributed by atoms with Crippen molar-refractivity contribution in [1.82, 2.24) is 0 Å². The van der Waals surface area contributed by atoms with Gasteiger partial charge in [-0.2, -0.15) is 0 Å². The monoisotopic (exact) mass is 807 g/mol. The normalized spacial score (nSPS) is 31.0. The second kappa shape index (κ2) is 11.3. The molecule has 0 bridgehead atoms. The molecule has 2 aromatic rings. The second-order valence-electron chi connectivity index (χ2n) is 16.0. The van der Waals surface area contributed by atoms with E-state index < -0.39 is 19.5 Å². The first-order valence-electron chi connectivity index (χ1n) is 16.8. The fraction of sp³-hybridized carbons (Fsp3) is 0.452. The molecule has 0 spiro atoms. The van der Waals surface area contributed by atoms with Crippen LogP contribution in [-0.4, -0.2) is 3.76 Å². The van der Waals surface area contributed by atoms with Gasteiger partial charge in [-0.1, -0.05) is 0 Å². The van der Waals surface area contributed by atoms with E-state index in [1.807, 2.05) is 5.57 Å². The van der Waals surface area contributed by atoms with Crippen molar-refractivity contribution in [3.63, 3.8) is 0 Å². The average Bonchev–Trinajstić information content (AvgIpc) is 3.66. The molecule has 3 heteroatoms. The largest absolute Gasteiger partial charge is 0.147 e. The molecule has 0 amide bonds. The molecular weight excluding hydrogens is 754 g/mol. The van der Waals surface area contributed by atoms with E-state index >= 15 is 0 Å². The third-order valence-electron chi connectivity index (χ3n) is 15.0. The van der Waals surface area contributed by atoms with Crippen LogP contribution in [0.2, 0.25) is 3.17 Å². The van der Waals surface area contributed by atoms with Crippen LogP contribution in [0.5, 0.6) is 0 Å². The second-order valence-corrected chi connectivity index (χ2v) is 31.9. The Morgan fingerprint density at radius 2 is 1.44 bits per heavy atom. The summed E-state index contributed by atoms with van der Waals surface area (Å²) in [5, 5.41) is 0. The van der Waals surface area contributed by atoms with E-state index in [4.69, 9.17) is 0 Å². The zero-order valence-corrected chi connectivity index (χ0v) is 34.1. The molecule has 1 fully saturated rings. The quantitative estimate of drug-likeness (QED) is 0.271. The first kappa shape index (κ1) is 34.8. The first-order valence-corrected chi connectivity index (χ1v) is 24.3. The van der Waals surface area contributed by atoms with Gasteiger partial charge in [-0.25, -0.2) is 0 Å². The molecule has 0 aliphatic heterocycles. The Kier molecular flexibility index (Phi) is 8.71. The summed E-state index contributed by atoms with van der Waals surface area (Å²) < 4.78 is 6.28. The number of rotatable bonds is 3. The molecule has 239 valence electrons. The van der Waals surface area contributed by atoms with Gasteiger partial charge in [0.25, 0.3) is 0 Å². The third-order valence-corrected chi connectivity index (χ3v) is 36.3. The van der Waals surface area contributed by atoms with Crippen LogP contribution in [0.1, 0.15) is 92.7 Å². The molecule has 45 heavy (non-hydrogen) atoms. The number of hydrogen-bond acceptors (Lipinski definition) is 0. The van der Waals surface area contributed by atoms with Gasteiger partial charge in [0.15, 0.2) is 0 Å². The van der Waals surface area contributed by atoms with Crippen LogP contribution in [0.25, 0.3) is 5.57 Å². The van der Waals surface area contributed by atoms with E-state index in [-0.39, 0.29) is 49.6 Å². The number of benzene rings is 2. The summed E-state index contributed by atoms with van der Waals surface area (Å²) >= 11 is -3.88. The molecule has 0 radical (unpaired) electrons. The van der Waals surface area contributed by atoms with Crippen molar-refractivity contribution in [3.05, 3.63) is 116 Å². The summed E-state index contributed by atoms with van der Waals surface area (Å²) in [5.74, 6) is 0.525. The number of hydrogen-bond donors (Lipinski definition) is 0. The number of fused-ring (bicyclic) bond motifs is 6. The van der Waals surface area contributed by atoms with Crippen LogP contribution in [0.15, 0.2) is 105 Å². The zero-order chi connectivity index (χ0) is 30.6. The summed E-state index contributed by atoms with van der Waals surface area (Å²) in [6, 6.07) is 21.3. The predicted octanol–water partition coefficient (Wildman–Crippen LogP) is 11.5. The van der Waals surface area contributed by atoms with Crippen LogP contribution in [0.4, 0.5) is 0 Å². The van der Waals surface area contributed by atoms with Crippen molar-refractivity contribution in [1.29, 1.82) is 0 Å². The minimum atomic E-state index is -3.88. The smallest absolute Gasteiger partial charge is 0.147 e. The van der Waals surface area contributed by atoms with Crippen LogP contribution in [-0.2, 0) is 25.9 Å². The molecule has 0 aromatic heterocycles. The maximum Gasteiger partial charge on any atom is -0.147 e. The number of allylic oxidation sites excluding steroid dienone is 10. The molecule has 0 saturated heterocycles. The van der Waals surface area contributed by atoms with Crippen molar-refractivity contribution in [2.45, 2.75) is 91.2 Å². The summed E-state index contributed by atoms with van der Waals surface area (Å²) in [6.07, 6.45) is 17.0. The molecule has 5 aliphatic rings. The van der Waals surface area contributed by atoms with Gasteiger partial charge in [-0.15, -0.1) is 24.8 Å². The summed E-state index contributed by atoms with van der Waals surface area (Å²) in [5.41, 5.74) is 10.1.